The lowest BCUT2D eigenvalue weighted by Crippen LogP contribution is -2.35. The standard InChI is InChI=1S/C23H23N3OS2/c27-23-21-18-8-7-16(24-11-14-5-6-14)10-20(18)29-22(21)25-13-26(23)12-17-9-15-3-1-2-4-19(15)28-17/h1-4,9,13-14,16,24H,5-8,10-12H2/t16-/m1/s1. The molecule has 1 fully saturated rings. The average Bonchev–Trinajstić information content (AvgIpc) is 3.35. The zero-order valence-electron chi connectivity index (χ0n) is 16.2. The Morgan fingerprint density at radius 3 is 2.93 bits per heavy atom. The van der Waals surface area contributed by atoms with Crippen molar-refractivity contribution >= 4 is 43.0 Å². The van der Waals surface area contributed by atoms with E-state index >= 15 is 0 Å². The van der Waals surface area contributed by atoms with Gasteiger partial charge in [0.1, 0.15) is 4.83 Å². The van der Waals surface area contributed by atoms with Gasteiger partial charge in [0.2, 0.25) is 0 Å². The van der Waals surface area contributed by atoms with Crippen LogP contribution in [0.2, 0.25) is 0 Å². The highest BCUT2D eigenvalue weighted by molar-refractivity contribution is 7.19. The summed E-state index contributed by atoms with van der Waals surface area (Å²) >= 11 is 3.48. The highest BCUT2D eigenvalue weighted by Gasteiger charge is 2.27. The van der Waals surface area contributed by atoms with Gasteiger partial charge < -0.3 is 5.32 Å². The van der Waals surface area contributed by atoms with Gasteiger partial charge in [0.15, 0.2) is 0 Å². The van der Waals surface area contributed by atoms with E-state index in [-0.39, 0.29) is 5.56 Å². The molecule has 1 N–H and O–H groups in total. The summed E-state index contributed by atoms with van der Waals surface area (Å²) in [5.41, 5.74) is 1.38. The van der Waals surface area contributed by atoms with Crippen LogP contribution in [-0.4, -0.2) is 22.1 Å². The minimum atomic E-state index is 0.120. The summed E-state index contributed by atoms with van der Waals surface area (Å²) in [6.07, 6.45) is 7.66. The molecular weight excluding hydrogens is 398 g/mol. The minimum Gasteiger partial charge on any atom is -0.313 e. The van der Waals surface area contributed by atoms with E-state index in [0.717, 1.165) is 41.9 Å². The first-order chi connectivity index (χ1) is 14.2. The maximum Gasteiger partial charge on any atom is 0.262 e. The first-order valence-corrected chi connectivity index (χ1v) is 12.1. The highest BCUT2D eigenvalue weighted by Crippen LogP contribution is 2.34. The SMILES string of the molecule is O=c1c2c3c(sc2ncn1Cc1cc2ccccc2s1)C[C@H](NCC1CC1)CC3. The van der Waals surface area contributed by atoms with Gasteiger partial charge in [-0.1, -0.05) is 18.2 Å². The molecule has 1 aromatic carbocycles. The molecule has 1 saturated carbocycles. The number of benzene rings is 1. The van der Waals surface area contributed by atoms with Crippen molar-refractivity contribution in [1.82, 2.24) is 14.9 Å². The molecule has 3 heterocycles. The zero-order valence-corrected chi connectivity index (χ0v) is 17.8. The van der Waals surface area contributed by atoms with Gasteiger partial charge in [0, 0.05) is 20.5 Å². The molecule has 6 rings (SSSR count). The summed E-state index contributed by atoms with van der Waals surface area (Å²) in [6.45, 7) is 1.75. The van der Waals surface area contributed by atoms with Crippen LogP contribution >= 0.6 is 22.7 Å². The second kappa shape index (κ2) is 7.04. The summed E-state index contributed by atoms with van der Waals surface area (Å²) in [7, 11) is 0. The van der Waals surface area contributed by atoms with Crippen LogP contribution in [0.15, 0.2) is 41.5 Å². The van der Waals surface area contributed by atoms with Gasteiger partial charge in [-0.15, -0.1) is 22.7 Å². The van der Waals surface area contributed by atoms with Crippen LogP contribution in [0.5, 0.6) is 0 Å². The molecule has 4 aromatic rings. The van der Waals surface area contributed by atoms with Crippen LogP contribution < -0.4 is 10.9 Å². The third-order valence-corrected chi connectivity index (χ3v) is 8.49. The number of nitrogens with zero attached hydrogens (tertiary/aromatic N) is 2. The second-order valence-corrected chi connectivity index (χ2v) is 10.7. The monoisotopic (exact) mass is 421 g/mol. The maximum absolute atomic E-state index is 13.3. The molecule has 0 saturated heterocycles. The molecule has 0 radical (unpaired) electrons. The van der Waals surface area contributed by atoms with Gasteiger partial charge in [0.05, 0.1) is 18.3 Å². The number of rotatable bonds is 5. The minimum absolute atomic E-state index is 0.120. The Kier molecular flexibility index (Phi) is 4.32. The third kappa shape index (κ3) is 3.33. The van der Waals surface area contributed by atoms with E-state index < -0.39 is 0 Å². The molecule has 0 aliphatic heterocycles. The highest BCUT2D eigenvalue weighted by atomic mass is 32.1. The van der Waals surface area contributed by atoms with Crippen LogP contribution in [0.3, 0.4) is 0 Å². The van der Waals surface area contributed by atoms with Crippen LogP contribution in [0.1, 0.15) is 34.6 Å². The van der Waals surface area contributed by atoms with E-state index in [2.05, 4.69) is 40.6 Å². The van der Waals surface area contributed by atoms with E-state index in [1.807, 2.05) is 0 Å². The van der Waals surface area contributed by atoms with Crippen molar-refractivity contribution in [3.8, 4) is 0 Å². The van der Waals surface area contributed by atoms with Crippen LogP contribution in [0, 0.1) is 5.92 Å². The molecule has 0 amide bonds. The fourth-order valence-corrected chi connectivity index (χ4v) is 6.75. The zero-order chi connectivity index (χ0) is 19.4. The summed E-state index contributed by atoms with van der Waals surface area (Å²) in [5, 5.41) is 5.86. The number of hydrogen-bond donors (Lipinski definition) is 1. The van der Waals surface area contributed by atoms with Crippen molar-refractivity contribution in [3.05, 3.63) is 62.3 Å². The lowest BCUT2D eigenvalue weighted by atomic mass is 9.93. The lowest BCUT2D eigenvalue weighted by molar-refractivity contribution is 0.453. The Hall–Kier alpha value is -2.02. The van der Waals surface area contributed by atoms with Crippen molar-refractivity contribution in [2.24, 2.45) is 5.92 Å². The molecule has 4 nitrogen and oxygen atoms in total. The van der Waals surface area contributed by atoms with Crippen molar-refractivity contribution in [2.45, 2.75) is 44.7 Å². The predicted octanol–water partition coefficient (Wildman–Crippen LogP) is 4.58. The first kappa shape index (κ1) is 17.8. The topological polar surface area (TPSA) is 46.9 Å². The fraction of sp³-hybridized carbons (Fsp3) is 0.391. The normalized spacial score (nSPS) is 19.1. The molecule has 0 spiro atoms. The Bertz CT molecular complexity index is 1230. The molecule has 148 valence electrons. The van der Waals surface area contributed by atoms with Crippen molar-refractivity contribution in [1.29, 1.82) is 0 Å². The van der Waals surface area contributed by atoms with Gasteiger partial charge in [0.25, 0.3) is 5.56 Å². The Balaban J connectivity index is 1.30. The molecule has 2 aliphatic carbocycles. The summed E-state index contributed by atoms with van der Waals surface area (Å²) in [5.74, 6) is 0.904. The number of hydrogen-bond acceptors (Lipinski definition) is 5. The van der Waals surface area contributed by atoms with Gasteiger partial charge in [-0.05, 0) is 67.6 Å². The molecule has 0 bridgehead atoms. The molecule has 29 heavy (non-hydrogen) atoms. The van der Waals surface area contributed by atoms with Crippen molar-refractivity contribution in [3.63, 3.8) is 0 Å². The number of aryl methyl sites for hydroxylation is 1. The first-order valence-electron chi connectivity index (χ1n) is 10.4. The van der Waals surface area contributed by atoms with E-state index in [0.29, 0.717) is 12.6 Å². The quantitative estimate of drug-likeness (QED) is 0.513. The summed E-state index contributed by atoms with van der Waals surface area (Å²) in [6, 6.07) is 11.1. The largest absolute Gasteiger partial charge is 0.313 e. The second-order valence-electron chi connectivity index (χ2n) is 8.40. The molecule has 0 unspecified atom stereocenters. The van der Waals surface area contributed by atoms with Crippen molar-refractivity contribution < 1.29 is 0 Å². The number of nitrogens with one attached hydrogen (secondary N) is 1. The maximum atomic E-state index is 13.3. The van der Waals surface area contributed by atoms with Gasteiger partial charge >= 0.3 is 0 Å². The van der Waals surface area contributed by atoms with Gasteiger partial charge in [-0.3, -0.25) is 9.36 Å². The average molecular weight is 422 g/mol. The Morgan fingerprint density at radius 2 is 2.07 bits per heavy atom. The van der Waals surface area contributed by atoms with Crippen molar-refractivity contribution in [2.75, 3.05) is 6.54 Å². The van der Waals surface area contributed by atoms with Gasteiger partial charge in [-0.2, -0.15) is 0 Å². The van der Waals surface area contributed by atoms with E-state index in [1.54, 1.807) is 33.6 Å². The number of aromatic nitrogens is 2. The molecule has 2 aliphatic rings. The van der Waals surface area contributed by atoms with Crippen LogP contribution in [-0.2, 0) is 19.4 Å². The van der Waals surface area contributed by atoms with E-state index in [9.17, 15) is 4.79 Å². The number of fused-ring (bicyclic) bond motifs is 4. The third-order valence-electron chi connectivity index (χ3n) is 6.23. The lowest BCUT2D eigenvalue weighted by Gasteiger charge is -2.23. The summed E-state index contributed by atoms with van der Waals surface area (Å²) in [4.78, 5) is 21.5. The Morgan fingerprint density at radius 1 is 1.17 bits per heavy atom. The Labute approximate surface area is 177 Å². The molecule has 6 heteroatoms. The van der Waals surface area contributed by atoms with E-state index in [1.165, 1.54) is 38.2 Å². The molecule has 3 aromatic heterocycles. The number of thiophene rings is 2. The summed E-state index contributed by atoms with van der Waals surface area (Å²) < 4.78 is 3.06. The van der Waals surface area contributed by atoms with Crippen LogP contribution in [0.25, 0.3) is 20.3 Å². The molecular formula is C23H23N3OS2. The fourth-order valence-electron chi connectivity index (χ4n) is 4.43. The van der Waals surface area contributed by atoms with Crippen LogP contribution in [0.4, 0.5) is 0 Å². The van der Waals surface area contributed by atoms with Gasteiger partial charge in [-0.25, -0.2) is 4.98 Å². The molecule has 1 atom stereocenters. The smallest absolute Gasteiger partial charge is 0.262 e. The predicted molar refractivity (Wildman–Crippen MR) is 121 cm³/mol. The van der Waals surface area contributed by atoms with E-state index in [4.69, 9.17) is 0 Å².